The zero-order chi connectivity index (χ0) is 31.4. The molecule has 1 aromatic rings. The van der Waals surface area contributed by atoms with E-state index < -0.39 is 0 Å². The van der Waals surface area contributed by atoms with Crippen molar-refractivity contribution >= 4 is 18.2 Å². The molecule has 254 valence electrons. The van der Waals surface area contributed by atoms with Crippen molar-refractivity contribution in [1.29, 1.82) is 0 Å². The van der Waals surface area contributed by atoms with Crippen LogP contribution in [0.1, 0.15) is 140 Å². The average Bonchev–Trinajstić information content (AvgIpc) is 3.22. The van der Waals surface area contributed by atoms with Crippen molar-refractivity contribution in [3.63, 3.8) is 0 Å². The Hall–Kier alpha value is -2.02. The van der Waals surface area contributed by atoms with E-state index in [0.717, 1.165) is 23.9 Å². The van der Waals surface area contributed by atoms with Crippen LogP contribution in [0.15, 0.2) is 41.5 Å². The SMILES string of the molecule is O=C(CN1C(C2CCC(C3CCCCCCCCC3)CN2)NC2CCCCC21C1CCCCCC1)NN=CC=Cc1ccccc1. The smallest absolute Gasteiger partial charge is 0.254 e. The van der Waals surface area contributed by atoms with Gasteiger partial charge >= 0.3 is 0 Å². The van der Waals surface area contributed by atoms with E-state index in [2.05, 4.69) is 38.2 Å². The van der Waals surface area contributed by atoms with E-state index in [0.29, 0.717) is 24.5 Å². The van der Waals surface area contributed by atoms with Gasteiger partial charge in [0, 0.05) is 23.8 Å². The quantitative estimate of drug-likeness (QED) is 0.154. The molecule has 0 aromatic heterocycles. The number of benzene rings is 1. The summed E-state index contributed by atoms with van der Waals surface area (Å²) in [5.74, 6) is 2.39. The topological polar surface area (TPSA) is 68.8 Å². The number of fused-ring (bicyclic) bond motifs is 1. The molecule has 3 saturated carbocycles. The van der Waals surface area contributed by atoms with Gasteiger partial charge in [-0.1, -0.05) is 133 Å². The normalized spacial score (nSPS) is 33.1. The molecule has 1 amide bonds. The number of hydrogen-bond donors (Lipinski definition) is 3. The largest absolute Gasteiger partial charge is 0.311 e. The average molecular weight is 630 g/mol. The highest BCUT2D eigenvalue weighted by atomic mass is 16.2. The number of piperidine rings is 1. The van der Waals surface area contributed by atoms with Gasteiger partial charge in [0.1, 0.15) is 0 Å². The Kier molecular flexibility index (Phi) is 12.8. The predicted octanol–water partition coefficient (Wildman–Crippen LogP) is 8.19. The standard InChI is InChI=1S/C40H63N5O/c46-38(44-42-29-17-20-32-18-9-8-10-19-32)31-45-39(43-37-25-15-16-28-40(37,45)35-23-13-6-7-14-24-35)36-27-26-34(30-41-36)33-21-11-4-2-1-3-5-12-22-33/h8-10,17-20,29,33-37,39,41,43H,1-7,11-16,21-28,30-31H2,(H,44,46). The van der Waals surface area contributed by atoms with Gasteiger partial charge in [0.25, 0.3) is 5.91 Å². The summed E-state index contributed by atoms with van der Waals surface area (Å²) in [7, 11) is 0. The Morgan fingerprint density at radius 3 is 2.17 bits per heavy atom. The van der Waals surface area contributed by atoms with E-state index in [1.807, 2.05) is 30.4 Å². The zero-order valence-electron chi connectivity index (χ0n) is 28.6. The summed E-state index contributed by atoms with van der Waals surface area (Å²) in [6.45, 7) is 1.57. The molecule has 6 nitrogen and oxygen atoms in total. The number of hydrazone groups is 1. The Labute approximate surface area is 280 Å². The first kappa shape index (κ1) is 33.9. The lowest BCUT2D eigenvalue weighted by molar-refractivity contribution is -0.126. The van der Waals surface area contributed by atoms with Gasteiger partial charge in [-0.05, 0) is 74.5 Å². The maximum Gasteiger partial charge on any atom is 0.254 e. The number of carbonyl (C=O) groups excluding carboxylic acids is 1. The second kappa shape index (κ2) is 17.4. The molecule has 46 heavy (non-hydrogen) atoms. The molecule has 5 aliphatic rings. The summed E-state index contributed by atoms with van der Waals surface area (Å²) >= 11 is 0. The molecular weight excluding hydrogens is 566 g/mol. The van der Waals surface area contributed by atoms with Crippen LogP contribution in [0.2, 0.25) is 0 Å². The molecule has 5 unspecified atom stereocenters. The van der Waals surface area contributed by atoms with Crippen LogP contribution >= 0.6 is 0 Å². The lowest BCUT2D eigenvalue weighted by atomic mass is 9.67. The van der Waals surface area contributed by atoms with Crippen LogP contribution in [0.25, 0.3) is 6.08 Å². The van der Waals surface area contributed by atoms with E-state index >= 15 is 0 Å². The minimum absolute atomic E-state index is 0.0190. The Balaban J connectivity index is 1.15. The Morgan fingerprint density at radius 2 is 1.48 bits per heavy atom. The van der Waals surface area contributed by atoms with E-state index in [1.165, 1.54) is 135 Å². The lowest BCUT2D eigenvalue weighted by Crippen LogP contribution is -2.63. The molecule has 3 aliphatic carbocycles. The monoisotopic (exact) mass is 630 g/mol. The highest BCUT2D eigenvalue weighted by Crippen LogP contribution is 2.49. The highest BCUT2D eigenvalue weighted by Gasteiger charge is 2.59. The van der Waals surface area contributed by atoms with Gasteiger partial charge in [-0.25, -0.2) is 5.43 Å². The van der Waals surface area contributed by atoms with Crippen molar-refractivity contribution in [3.05, 3.63) is 42.0 Å². The summed E-state index contributed by atoms with van der Waals surface area (Å²) in [6, 6.07) is 11.1. The fourth-order valence-corrected chi connectivity index (χ4v) is 10.3. The number of nitrogens with one attached hydrogen (secondary N) is 3. The number of allylic oxidation sites excluding steroid dienone is 1. The molecule has 0 bridgehead atoms. The second-order valence-corrected chi connectivity index (χ2v) is 15.5. The molecule has 3 N–H and O–H groups in total. The number of rotatable bonds is 8. The van der Waals surface area contributed by atoms with Crippen LogP contribution in [-0.2, 0) is 4.79 Å². The van der Waals surface area contributed by atoms with Crippen molar-refractivity contribution in [1.82, 2.24) is 21.0 Å². The first-order valence-electron chi connectivity index (χ1n) is 19.5. The van der Waals surface area contributed by atoms with Gasteiger partial charge in [-0.15, -0.1) is 0 Å². The highest BCUT2D eigenvalue weighted by molar-refractivity contribution is 5.82. The van der Waals surface area contributed by atoms with Crippen molar-refractivity contribution in [2.75, 3.05) is 13.1 Å². The fraction of sp³-hybridized carbons (Fsp3) is 0.750. The molecule has 6 heteroatoms. The van der Waals surface area contributed by atoms with Gasteiger partial charge in [-0.2, -0.15) is 5.10 Å². The molecule has 6 rings (SSSR count). The minimum atomic E-state index is 0.0190. The molecule has 0 spiro atoms. The van der Waals surface area contributed by atoms with Crippen LogP contribution in [0.5, 0.6) is 0 Å². The summed E-state index contributed by atoms with van der Waals surface area (Å²) in [4.78, 5) is 16.4. The first-order chi connectivity index (χ1) is 22.7. The van der Waals surface area contributed by atoms with Crippen molar-refractivity contribution in [2.45, 2.75) is 159 Å². The summed E-state index contributed by atoms with van der Waals surface area (Å²) in [5, 5.41) is 12.7. The number of amides is 1. The Bertz CT molecular complexity index is 1100. The van der Waals surface area contributed by atoms with Gasteiger partial charge in [0.15, 0.2) is 0 Å². The summed E-state index contributed by atoms with van der Waals surface area (Å²) in [5.41, 5.74) is 4.11. The third-order valence-corrected chi connectivity index (χ3v) is 12.7. The lowest BCUT2D eigenvalue weighted by Gasteiger charge is -2.51. The van der Waals surface area contributed by atoms with Crippen LogP contribution < -0.4 is 16.1 Å². The molecule has 0 radical (unpaired) electrons. The predicted molar refractivity (Wildman–Crippen MR) is 191 cm³/mol. The van der Waals surface area contributed by atoms with Crippen LogP contribution in [0.4, 0.5) is 0 Å². The van der Waals surface area contributed by atoms with Gasteiger partial charge in [-0.3, -0.25) is 15.0 Å². The van der Waals surface area contributed by atoms with E-state index in [1.54, 1.807) is 6.21 Å². The number of carbonyl (C=O) groups is 1. The van der Waals surface area contributed by atoms with Gasteiger partial charge < -0.3 is 5.32 Å². The molecule has 2 saturated heterocycles. The molecule has 2 aliphatic heterocycles. The molecular formula is C40H63N5O. The summed E-state index contributed by atoms with van der Waals surface area (Å²) in [6.07, 6.45) is 34.4. The first-order valence-corrected chi connectivity index (χ1v) is 19.5. The van der Waals surface area contributed by atoms with Crippen molar-refractivity contribution in [2.24, 2.45) is 22.9 Å². The second-order valence-electron chi connectivity index (χ2n) is 15.5. The molecule has 5 fully saturated rings. The molecule has 5 atom stereocenters. The van der Waals surface area contributed by atoms with Gasteiger partial charge in [0.05, 0.1) is 12.7 Å². The van der Waals surface area contributed by atoms with Crippen LogP contribution in [-0.4, -0.2) is 53.9 Å². The number of hydrogen-bond acceptors (Lipinski definition) is 5. The molecule has 1 aromatic carbocycles. The van der Waals surface area contributed by atoms with Crippen LogP contribution in [0.3, 0.4) is 0 Å². The van der Waals surface area contributed by atoms with E-state index in [9.17, 15) is 4.79 Å². The van der Waals surface area contributed by atoms with E-state index in [-0.39, 0.29) is 17.6 Å². The fourth-order valence-electron chi connectivity index (χ4n) is 10.3. The summed E-state index contributed by atoms with van der Waals surface area (Å²) < 4.78 is 0. The zero-order valence-corrected chi connectivity index (χ0v) is 28.6. The maximum atomic E-state index is 13.7. The maximum absolute atomic E-state index is 13.7. The van der Waals surface area contributed by atoms with E-state index in [4.69, 9.17) is 0 Å². The minimum Gasteiger partial charge on any atom is -0.311 e. The van der Waals surface area contributed by atoms with Crippen molar-refractivity contribution < 1.29 is 4.79 Å². The van der Waals surface area contributed by atoms with Crippen LogP contribution in [0, 0.1) is 17.8 Å². The number of nitrogens with zero attached hydrogens (tertiary/aromatic N) is 2. The third kappa shape index (κ3) is 8.52. The Morgan fingerprint density at radius 1 is 0.804 bits per heavy atom. The van der Waals surface area contributed by atoms with Gasteiger partial charge in [0.2, 0.25) is 0 Å². The third-order valence-electron chi connectivity index (χ3n) is 12.7. The molecule has 2 heterocycles. The van der Waals surface area contributed by atoms with Crippen molar-refractivity contribution in [3.8, 4) is 0 Å².